The summed E-state index contributed by atoms with van der Waals surface area (Å²) in [5, 5.41) is 13.2. The lowest BCUT2D eigenvalue weighted by molar-refractivity contribution is -0.137. The fourth-order valence-electron chi connectivity index (χ4n) is 2.98. The van der Waals surface area contributed by atoms with Crippen LogP contribution in [0.5, 0.6) is 0 Å². The van der Waals surface area contributed by atoms with E-state index in [-0.39, 0.29) is 18.8 Å². The van der Waals surface area contributed by atoms with Gasteiger partial charge in [0, 0.05) is 36.7 Å². The van der Waals surface area contributed by atoms with Crippen LogP contribution in [-0.2, 0) is 11.8 Å². The number of carbonyl (C=O) groups is 1. The Kier molecular flexibility index (Phi) is 4.86. The minimum absolute atomic E-state index is 0.0814. The lowest BCUT2D eigenvalue weighted by atomic mass is 9.85. The molecule has 0 unspecified atom stereocenters. The number of halogens is 3. The van der Waals surface area contributed by atoms with Gasteiger partial charge in [-0.25, -0.2) is 4.79 Å². The summed E-state index contributed by atoms with van der Waals surface area (Å²) in [4.78, 5) is 17.8. The van der Waals surface area contributed by atoms with Gasteiger partial charge in [-0.15, -0.1) is 0 Å². The lowest BCUT2D eigenvalue weighted by Gasteiger charge is -2.38. The molecule has 0 aliphatic carbocycles. The maximum absolute atomic E-state index is 12.8. The van der Waals surface area contributed by atoms with Gasteiger partial charge in [0.25, 0.3) is 0 Å². The smallest absolute Gasteiger partial charge is 0.385 e. The van der Waals surface area contributed by atoms with Gasteiger partial charge in [0.15, 0.2) is 0 Å². The zero-order valence-corrected chi connectivity index (χ0v) is 13.8. The summed E-state index contributed by atoms with van der Waals surface area (Å²) in [6, 6.07) is 7.53. The van der Waals surface area contributed by atoms with E-state index in [1.54, 1.807) is 24.5 Å². The van der Waals surface area contributed by atoms with Crippen molar-refractivity contribution < 1.29 is 23.1 Å². The highest BCUT2D eigenvalue weighted by molar-refractivity contribution is 5.89. The van der Waals surface area contributed by atoms with Gasteiger partial charge in [0.2, 0.25) is 0 Å². The number of hydrogen-bond acceptors (Lipinski definition) is 3. The van der Waals surface area contributed by atoms with Crippen LogP contribution in [0.25, 0.3) is 0 Å². The molecule has 2 aromatic rings. The van der Waals surface area contributed by atoms with E-state index in [1.165, 1.54) is 17.0 Å². The van der Waals surface area contributed by atoms with Gasteiger partial charge in [0.1, 0.15) is 0 Å². The van der Waals surface area contributed by atoms with E-state index in [0.29, 0.717) is 18.4 Å². The zero-order chi connectivity index (χ0) is 18.8. The number of nitrogens with one attached hydrogen (secondary N) is 1. The molecule has 2 heterocycles. The van der Waals surface area contributed by atoms with Crippen LogP contribution in [0.4, 0.5) is 23.7 Å². The molecule has 1 aliphatic rings. The molecular weight excluding hydrogens is 347 g/mol. The van der Waals surface area contributed by atoms with Crippen LogP contribution < -0.4 is 5.32 Å². The van der Waals surface area contributed by atoms with Crippen molar-refractivity contribution in [1.29, 1.82) is 0 Å². The highest BCUT2D eigenvalue weighted by atomic mass is 19.4. The number of alkyl halides is 3. The van der Waals surface area contributed by atoms with Gasteiger partial charge in [-0.1, -0.05) is 12.1 Å². The molecule has 26 heavy (non-hydrogen) atoms. The Morgan fingerprint density at radius 2 is 1.92 bits per heavy atom. The quantitative estimate of drug-likeness (QED) is 0.854. The molecule has 0 radical (unpaired) electrons. The minimum atomic E-state index is -4.47. The molecule has 0 spiro atoms. The molecule has 1 aromatic heterocycles. The number of likely N-dealkylation sites (tertiary alicyclic amines) is 1. The summed E-state index contributed by atoms with van der Waals surface area (Å²) in [6.45, 7) is 0.576. The van der Waals surface area contributed by atoms with Crippen molar-refractivity contribution in [3.63, 3.8) is 0 Å². The molecular formula is C18H18F3N3O2. The number of hydrogen-bond donors (Lipinski definition) is 2. The normalized spacial score (nSPS) is 17.0. The molecule has 1 aliphatic heterocycles. The van der Waals surface area contributed by atoms with Crippen LogP contribution in [0, 0.1) is 0 Å². The third-order valence-electron chi connectivity index (χ3n) is 4.52. The first-order valence-electron chi connectivity index (χ1n) is 8.14. The molecule has 0 saturated carbocycles. The predicted octanol–water partition coefficient (Wildman–Crippen LogP) is 3.62. The van der Waals surface area contributed by atoms with Crippen molar-refractivity contribution in [1.82, 2.24) is 9.88 Å². The largest absolute Gasteiger partial charge is 0.416 e. The molecule has 5 nitrogen and oxygen atoms in total. The average Bonchev–Trinajstić information content (AvgIpc) is 2.62. The molecule has 3 rings (SSSR count). The highest BCUT2D eigenvalue weighted by Gasteiger charge is 2.36. The maximum Gasteiger partial charge on any atom is 0.416 e. The number of rotatable bonds is 2. The second kappa shape index (κ2) is 6.95. The topological polar surface area (TPSA) is 65.5 Å². The van der Waals surface area contributed by atoms with Crippen molar-refractivity contribution in [3.8, 4) is 0 Å². The fraction of sp³-hybridized carbons (Fsp3) is 0.333. The summed E-state index contributed by atoms with van der Waals surface area (Å²) >= 11 is 0. The Morgan fingerprint density at radius 3 is 2.54 bits per heavy atom. The fourth-order valence-corrected chi connectivity index (χ4v) is 2.98. The standard InChI is InChI=1S/C18H18F3N3O2/c19-18(20,21)13-3-1-5-15(11-13)23-16(25)24-9-6-17(26,7-10-24)14-4-2-8-22-12-14/h1-5,8,11-12,26H,6-7,9-10H2,(H,23,25). The molecule has 0 bridgehead atoms. The molecule has 2 N–H and O–H groups in total. The average molecular weight is 365 g/mol. The van der Waals surface area contributed by atoms with E-state index in [2.05, 4.69) is 10.3 Å². The monoisotopic (exact) mass is 365 g/mol. The van der Waals surface area contributed by atoms with E-state index in [4.69, 9.17) is 0 Å². The highest BCUT2D eigenvalue weighted by Crippen LogP contribution is 2.33. The number of amides is 2. The number of piperidine rings is 1. The molecule has 0 atom stereocenters. The van der Waals surface area contributed by atoms with E-state index >= 15 is 0 Å². The number of urea groups is 1. The Hall–Kier alpha value is -2.61. The molecule has 1 saturated heterocycles. The van der Waals surface area contributed by atoms with Crippen molar-refractivity contribution >= 4 is 11.7 Å². The summed E-state index contributed by atoms with van der Waals surface area (Å²) < 4.78 is 38.3. The number of carbonyl (C=O) groups excluding carboxylic acids is 1. The van der Waals surface area contributed by atoms with Gasteiger partial charge >= 0.3 is 12.2 Å². The number of pyridine rings is 1. The second-order valence-electron chi connectivity index (χ2n) is 6.27. The van der Waals surface area contributed by atoms with E-state index < -0.39 is 23.4 Å². The minimum Gasteiger partial charge on any atom is -0.385 e. The number of benzene rings is 1. The Labute approximate surface area is 148 Å². The van der Waals surface area contributed by atoms with Gasteiger partial charge in [0.05, 0.1) is 11.2 Å². The summed E-state index contributed by atoms with van der Waals surface area (Å²) in [7, 11) is 0. The Balaban J connectivity index is 1.63. The lowest BCUT2D eigenvalue weighted by Crippen LogP contribution is -2.46. The summed E-state index contributed by atoms with van der Waals surface area (Å²) in [5.74, 6) is 0. The Bertz CT molecular complexity index is 773. The molecule has 1 aromatic carbocycles. The number of anilines is 1. The number of aromatic nitrogens is 1. The first-order chi connectivity index (χ1) is 12.3. The molecule has 138 valence electrons. The van der Waals surface area contributed by atoms with Crippen molar-refractivity contribution in [2.24, 2.45) is 0 Å². The Morgan fingerprint density at radius 1 is 1.19 bits per heavy atom. The van der Waals surface area contributed by atoms with Gasteiger partial charge in [-0.05, 0) is 37.1 Å². The van der Waals surface area contributed by atoms with E-state index in [1.807, 2.05) is 0 Å². The first-order valence-corrected chi connectivity index (χ1v) is 8.14. The molecule has 2 amide bonds. The second-order valence-corrected chi connectivity index (χ2v) is 6.27. The van der Waals surface area contributed by atoms with E-state index in [0.717, 1.165) is 12.1 Å². The SMILES string of the molecule is O=C(Nc1cccc(C(F)(F)F)c1)N1CCC(O)(c2cccnc2)CC1. The molecule has 1 fully saturated rings. The van der Waals surface area contributed by atoms with Crippen LogP contribution in [0.15, 0.2) is 48.8 Å². The third kappa shape index (κ3) is 3.96. The van der Waals surface area contributed by atoms with Gasteiger partial charge in [-0.3, -0.25) is 4.98 Å². The number of nitrogens with zero attached hydrogens (tertiary/aromatic N) is 2. The number of aliphatic hydroxyl groups is 1. The van der Waals surface area contributed by atoms with Crippen molar-refractivity contribution in [2.45, 2.75) is 24.6 Å². The van der Waals surface area contributed by atoms with Crippen LogP contribution in [0.1, 0.15) is 24.0 Å². The van der Waals surface area contributed by atoms with Gasteiger partial charge in [-0.2, -0.15) is 13.2 Å². The van der Waals surface area contributed by atoms with E-state index in [9.17, 15) is 23.1 Å². The first kappa shape index (κ1) is 18.2. The van der Waals surface area contributed by atoms with Crippen LogP contribution >= 0.6 is 0 Å². The summed E-state index contributed by atoms with van der Waals surface area (Å²) in [5.41, 5.74) is -1.10. The van der Waals surface area contributed by atoms with Crippen LogP contribution in [-0.4, -0.2) is 34.1 Å². The summed E-state index contributed by atoms with van der Waals surface area (Å²) in [6.07, 6.45) is -0.599. The van der Waals surface area contributed by atoms with Crippen LogP contribution in [0.2, 0.25) is 0 Å². The van der Waals surface area contributed by atoms with Gasteiger partial charge < -0.3 is 15.3 Å². The predicted molar refractivity (Wildman–Crippen MR) is 89.4 cm³/mol. The van der Waals surface area contributed by atoms with Crippen molar-refractivity contribution in [2.75, 3.05) is 18.4 Å². The zero-order valence-electron chi connectivity index (χ0n) is 13.8. The van der Waals surface area contributed by atoms with Crippen LogP contribution in [0.3, 0.4) is 0 Å². The third-order valence-corrected chi connectivity index (χ3v) is 4.52. The maximum atomic E-state index is 12.8. The molecule has 8 heteroatoms. The van der Waals surface area contributed by atoms with Crippen molar-refractivity contribution in [3.05, 3.63) is 59.9 Å².